The number of carboxylic acid groups (broad SMARTS) is 1. The third kappa shape index (κ3) is 6.83. The van der Waals surface area contributed by atoms with Crippen molar-refractivity contribution >= 4 is 28.6 Å². The van der Waals surface area contributed by atoms with Gasteiger partial charge < -0.3 is 9.84 Å². The summed E-state index contributed by atoms with van der Waals surface area (Å²) in [5.41, 5.74) is 4.28. The van der Waals surface area contributed by atoms with Crippen LogP contribution < -0.4 is 4.74 Å². The maximum Gasteiger partial charge on any atom is 0.313 e. The van der Waals surface area contributed by atoms with E-state index in [1.807, 2.05) is 60.7 Å². The molecule has 1 N–H and O–H groups in total. The number of aryl methyl sites for hydroxylation is 1. The Balaban J connectivity index is 1.36. The molecule has 0 bridgehead atoms. The normalized spacial score (nSPS) is 11.9. The molecule has 0 fully saturated rings. The molecule has 0 aliphatic carbocycles. The number of ether oxygens (including phenoxy) is 1. The van der Waals surface area contributed by atoms with E-state index >= 15 is 0 Å². The lowest BCUT2D eigenvalue weighted by Gasteiger charge is -2.17. The topological polar surface area (TPSA) is 59.4 Å². The fraction of sp³-hybridized carbons (Fsp3) is 0.214. The molecule has 4 rings (SSSR count). The minimum absolute atomic E-state index is 0.0991. The second kappa shape index (κ2) is 11.5. The fourth-order valence-corrected chi connectivity index (χ4v) is 4.81. The van der Waals surface area contributed by atoms with Gasteiger partial charge in [-0.15, -0.1) is 11.8 Å². The van der Waals surface area contributed by atoms with Crippen LogP contribution in [0.2, 0.25) is 0 Å². The lowest BCUT2D eigenvalue weighted by Crippen LogP contribution is -2.04. The van der Waals surface area contributed by atoms with Gasteiger partial charge in [0.2, 0.25) is 0 Å². The molecule has 1 atom stereocenters. The molecule has 1 aromatic heterocycles. The number of hydrogen-bond donors (Lipinski definition) is 1. The van der Waals surface area contributed by atoms with Crippen molar-refractivity contribution in [3.8, 4) is 5.75 Å². The molecular formula is C28H27NO3S. The Bertz CT molecular complexity index is 1180. The number of fused-ring (bicyclic) bond motifs is 1. The Morgan fingerprint density at radius 1 is 0.909 bits per heavy atom. The van der Waals surface area contributed by atoms with Gasteiger partial charge in [0.05, 0.1) is 17.0 Å². The maximum absolute atomic E-state index is 11.1. The molecule has 0 amide bonds. The van der Waals surface area contributed by atoms with E-state index in [1.165, 1.54) is 17.3 Å². The summed E-state index contributed by atoms with van der Waals surface area (Å²) in [5, 5.41) is 10.4. The van der Waals surface area contributed by atoms with E-state index in [0.717, 1.165) is 47.2 Å². The van der Waals surface area contributed by atoms with Crippen molar-refractivity contribution in [2.75, 3.05) is 5.75 Å². The van der Waals surface area contributed by atoms with Crippen LogP contribution >= 0.6 is 11.8 Å². The Kier molecular flexibility index (Phi) is 7.99. The first kappa shape index (κ1) is 22.9. The highest BCUT2D eigenvalue weighted by Gasteiger charge is 2.14. The van der Waals surface area contributed by atoms with Crippen LogP contribution in [0.3, 0.4) is 0 Å². The van der Waals surface area contributed by atoms with Crippen molar-refractivity contribution < 1.29 is 14.6 Å². The number of rotatable bonds is 11. The first-order valence-corrected chi connectivity index (χ1v) is 12.2. The van der Waals surface area contributed by atoms with Crippen molar-refractivity contribution in [1.82, 2.24) is 4.98 Å². The van der Waals surface area contributed by atoms with Gasteiger partial charge in [-0.3, -0.25) is 4.79 Å². The molecule has 1 heterocycles. The molecule has 3 aromatic carbocycles. The van der Waals surface area contributed by atoms with E-state index in [9.17, 15) is 4.79 Å². The molecule has 0 saturated heterocycles. The summed E-state index contributed by atoms with van der Waals surface area (Å²) in [6, 6.07) is 30.5. The van der Waals surface area contributed by atoms with E-state index in [1.54, 1.807) is 0 Å². The molecule has 33 heavy (non-hydrogen) atoms. The number of aliphatic carboxylic acids is 1. The van der Waals surface area contributed by atoms with Crippen molar-refractivity contribution in [1.29, 1.82) is 0 Å². The highest BCUT2D eigenvalue weighted by Crippen LogP contribution is 2.34. The van der Waals surface area contributed by atoms with Gasteiger partial charge in [-0.2, -0.15) is 0 Å². The lowest BCUT2D eigenvalue weighted by molar-refractivity contribution is -0.133. The van der Waals surface area contributed by atoms with Gasteiger partial charge in [0, 0.05) is 10.6 Å². The minimum Gasteiger partial charge on any atom is -0.487 e. The van der Waals surface area contributed by atoms with Crippen molar-refractivity contribution in [2.24, 2.45) is 0 Å². The van der Waals surface area contributed by atoms with Crippen molar-refractivity contribution in [3.63, 3.8) is 0 Å². The van der Waals surface area contributed by atoms with Gasteiger partial charge in [-0.25, -0.2) is 4.98 Å². The standard InChI is InChI=1S/C28H27NO3S/c30-28(31)20-33-27(12-6-9-21-7-2-1-3-8-21)23-14-17-25(18-15-23)32-19-24-16-13-22-10-4-5-11-26(22)29-24/h1-5,7-8,10-11,13-18,27H,6,9,12,19-20H2,(H,30,31)/t27-/m0/s1. The van der Waals surface area contributed by atoms with E-state index < -0.39 is 5.97 Å². The van der Waals surface area contributed by atoms with Crippen LogP contribution in [0.15, 0.2) is 91.0 Å². The third-order valence-corrected chi connectivity index (χ3v) is 6.80. The average Bonchev–Trinajstić information content (AvgIpc) is 2.85. The minimum atomic E-state index is -0.782. The molecule has 0 unspecified atom stereocenters. The van der Waals surface area contributed by atoms with Crippen LogP contribution in [-0.4, -0.2) is 21.8 Å². The third-order valence-electron chi connectivity index (χ3n) is 5.48. The van der Waals surface area contributed by atoms with Crippen LogP contribution in [0, 0.1) is 0 Å². The predicted octanol–water partition coefficient (Wildman–Crippen LogP) is 6.70. The zero-order chi connectivity index (χ0) is 22.9. The molecule has 0 aliphatic rings. The number of benzene rings is 3. The average molecular weight is 458 g/mol. The van der Waals surface area contributed by atoms with Crippen LogP contribution in [0.1, 0.15) is 34.9 Å². The quantitative estimate of drug-likeness (QED) is 0.272. The van der Waals surface area contributed by atoms with Crippen molar-refractivity contribution in [3.05, 3.63) is 108 Å². The zero-order valence-corrected chi connectivity index (χ0v) is 19.2. The van der Waals surface area contributed by atoms with Gasteiger partial charge in [-0.1, -0.05) is 66.7 Å². The van der Waals surface area contributed by atoms with Crippen LogP contribution in [0.5, 0.6) is 5.75 Å². The summed E-state index contributed by atoms with van der Waals surface area (Å²) in [7, 11) is 0. The second-order valence-corrected chi connectivity index (χ2v) is 9.12. The van der Waals surface area contributed by atoms with E-state index in [4.69, 9.17) is 9.84 Å². The molecule has 0 aliphatic heterocycles. The number of aromatic nitrogens is 1. The first-order chi connectivity index (χ1) is 16.2. The molecular weight excluding hydrogens is 430 g/mol. The van der Waals surface area contributed by atoms with Gasteiger partial charge >= 0.3 is 5.97 Å². The number of pyridine rings is 1. The molecule has 168 valence electrons. The fourth-order valence-electron chi connectivity index (χ4n) is 3.78. The summed E-state index contributed by atoms with van der Waals surface area (Å²) in [6.07, 6.45) is 2.92. The molecule has 0 spiro atoms. The molecule has 0 radical (unpaired) electrons. The SMILES string of the molecule is O=C(O)CS[C@@H](CCCc1ccccc1)c1ccc(OCc2ccc3ccccc3n2)cc1. The summed E-state index contributed by atoms with van der Waals surface area (Å²) >= 11 is 1.48. The monoisotopic (exact) mass is 457 g/mol. The zero-order valence-electron chi connectivity index (χ0n) is 18.4. The highest BCUT2D eigenvalue weighted by molar-refractivity contribution is 8.00. The number of hydrogen-bond acceptors (Lipinski definition) is 4. The summed E-state index contributed by atoms with van der Waals surface area (Å²) in [6.45, 7) is 0.401. The highest BCUT2D eigenvalue weighted by atomic mass is 32.2. The van der Waals surface area contributed by atoms with Gasteiger partial charge in [0.25, 0.3) is 0 Å². The first-order valence-electron chi connectivity index (χ1n) is 11.1. The number of thioether (sulfide) groups is 1. The predicted molar refractivity (Wildman–Crippen MR) is 135 cm³/mol. The molecule has 5 heteroatoms. The number of nitrogens with zero attached hydrogens (tertiary/aromatic N) is 1. The Morgan fingerprint density at radius 2 is 1.67 bits per heavy atom. The lowest BCUT2D eigenvalue weighted by atomic mass is 10.0. The summed E-state index contributed by atoms with van der Waals surface area (Å²) in [4.78, 5) is 15.8. The second-order valence-electron chi connectivity index (χ2n) is 7.92. The summed E-state index contributed by atoms with van der Waals surface area (Å²) in [5.74, 6) is 0.0953. The van der Waals surface area contributed by atoms with Gasteiger partial charge in [0.1, 0.15) is 12.4 Å². The van der Waals surface area contributed by atoms with E-state index in [-0.39, 0.29) is 11.0 Å². The smallest absolute Gasteiger partial charge is 0.313 e. The Morgan fingerprint density at radius 3 is 2.45 bits per heavy atom. The van der Waals surface area contributed by atoms with E-state index in [0.29, 0.717) is 6.61 Å². The Labute approximate surface area is 198 Å². The van der Waals surface area contributed by atoms with Crippen LogP contribution in [0.4, 0.5) is 0 Å². The molecule has 4 nitrogen and oxygen atoms in total. The number of para-hydroxylation sites is 1. The van der Waals surface area contributed by atoms with Crippen LogP contribution in [-0.2, 0) is 17.8 Å². The maximum atomic E-state index is 11.1. The number of carboxylic acids is 1. The van der Waals surface area contributed by atoms with Gasteiger partial charge in [0.15, 0.2) is 0 Å². The Hall–Kier alpha value is -3.31. The largest absolute Gasteiger partial charge is 0.487 e. The number of carbonyl (C=O) groups is 1. The van der Waals surface area contributed by atoms with Crippen LogP contribution in [0.25, 0.3) is 10.9 Å². The van der Waals surface area contributed by atoms with E-state index in [2.05, 4.69) is 35.3 Å². The molecule has 0 saturated carbocycles. The molecule has 4 aromatic rings. The van der Waals surface area contributed by atoms with Crippen molar-refractivity contribution in [2.45, 2.75) is 31.1 Å². The summed E-state index contributed by atoms with van der Waals surface area (Å²) < 4.78 is 5.95. The van der Waals surface area contributed by atoms with Gasteiger partial charge in [-0.05, 0) is 54.7 Å².